The van der Waals surface area contributed by atoms with Crippen LogP contribution in [0.2, 0.25) is 0 Å². The largest absolute Gasteiger partial charge is 0.497 e. The fraction of sp³-hybridized carbons (Fsp3) is 0.429. The number of nitrogens with one attached hydrogen (secondary N) is 1. The summed E-state index contributed by atoms with van der Waals surface area (Å²) in [5.41, 5.74) is 0.477. The van der Waals surface area contributed by atoms with Gasteiger partial charge in [-0.05, 0) is 25.0 Å². The molecule has 1 aliphatic rings. The maximum atomic E-state index is 13.9. The number of hydrogen-bond donors (Lipinski definition) is 1. The Bertz CT molecular complexity index is 598. The highest BCUT2D eigenvalue weighted by molar-refractivity contribution is 7.14. The quantitative estimate of drug-likeness (QED) is 0.889. The zero-order valence-electron chi connectivity index (χ0n) is 11.2. The Labute approximate surface area is 121 Å². The third-order valence-electron chi connectivity index (χ3n) is 3.22. The van der Waals surface area contributed by atoms with E-state index in [1.165, 1.54) is 37.4 Å². The van der Waals surface area contributed by atoms with Crippen LogP contribution < -0.4 is 10.1 Å². The van der Waals surface area contributed by atoms with Gasteiger partial charge in [0, 0.05) is 30.6 Å². The molecule has 6 heteroatoms. The van der Waals surface area contributed by atoms with Gasteiger partial charge in [0.1, 0.15) is 16.6 Å². The highest BCUT2D eigenvalue weighted by Gasteiger charge is 2.20. The molecule has 0 amide bonds. The van der Waals surface area contributed by atoms with Crippen LogP contribution in [0, 0.1) is 5.82 Å². The fourth-order valence-electron chi connectivity index (χ4n) is 1.93. The Morgan fingerprint density at radius 3 is 2.95 bits per heavy atom. The van der Waals surface area contributed by atoms with Crippen LogP contribution in [0.1, 0.15) is 17.8 Å². The van der Waals surface area contributed by atoms with Gasteiger partial charge in [-0.1, -0.05) is 11.3 Å². The maximum absolute atomic E-state index is 13.9. The van der Waals surface area contributed by atoms with Gasteiger partial charge in [-0.3, -0.25) is 0 Å². The van der Waals surface area contributed by atoms with Gasteiger partial charge in [-0.25, -0.2) is 4.39 Å². The van der Waals surface area contributed by atoms with Crippen LogP contribution in [0.4, 0.5) is 4.39 Å². The van der Waals surface area contributed by atoms with E-state index in [1.54, 1.807) is 12.1 Å². The number of benzene rings is 1. The minimum Gasteiger partial charge on any atom is -0.497 e. The van der Waals surface area contributed by atoms with E-state index in [0.29, 0.717) is 22.4 Å². The smallest absolute Gasteiger partial charge is 0.150 e. The summed E-state index contributed by atoms with van der Waals surface area (Å²) in [5.74, 6) is 0.174. The maximum Gasteiger partial charge on any atom is 0.150 e. The molecule has 0 aliphatic heterocycles. The summed E-state index contributed by atoms with van der Waals surface area (Å²) in [7, 11) is 1.52. The Balaban J connectivity index is 1.68. The number of hydrogen-bond acceptors (Lipinski definition) is 5. The van der Waals surface area contributed by atoms with Crippen molar-refractivity contribution in [1.82, 2.24) is 15.5 Å². The van der Waals surface area contributed by atoms with Crippen LogP contribution in [0.25, 0.3) is 10.6 Å². The van der Waals surface area contributed by atoms with E-state index >= 15 is 0 Å². The summed E-state index contributed by atoms with van der Waals surface area (Å²) in [4.78, 5) is 0. The molecule has 20 heavy (non-hydrogen) atoms. The van der Waals surface area contributed by atoms with E-state index in [0.717, 1.165) is 18.0 Å². The van der Waals surface area contributed by atoms with Crippen LogP contribution in [0.5, 0.6) is 5.75 Å². The van der Waals surface area contributed by atoms with Crippen molar-refractivity contribution < 1.29 is 9.13 Å². The van der Waals surface area contributed by atoms with Crippen molar-refractivity contribution in [2.45, 2.75) is 25.3 Å². The first-order chi connectivity index (χ1) is 9.76. The second-order valence-corrected chi connectivity index (χ2v) is 5.89. The molecule has 3 rings (SSSR count). The van der Waals surface area contributed by atoms with Crippen LogP contribution in [0.3, 0.4) is 0 Å². The summed E-state index contributed by atoms with van der Waals surface area (Å²) in [6.07, 6.45) is 3.39. The molecule has 1 saturated carbocycles. The molecule has 2 aromatic rings. The molecule has 1 heterocycles. The van der Waals surface area contributed by atoms with Crippen LogP contribution in [0.15, 0.2) is 18.2 Å². The summed E-state index contributed by atoms with van der Waals surface area (Å²) in [6, 6.07) is 5.47. The third kappa shape index (κ3) is 3.13. The van der Waals surface area contributed by atoms with E-state index in [4.69, 9.17) is 4.74 Å². The highest BCUT2D eigenvalue weighted by Crippen LogP contribution is 2.28. The molecule has 106 valence electrons. The predicted octanol–water partition coefficient (Wildman–Crippen LogP) is 2.65. The number of rotatable bonds is 6. The monoisotopic (exact) mass is 293 g/mol. The van der Waals surface area contributed by atoms with Crippen LogP contribution in [-0.2, 0) is 6.42 Å². The summed E-state index contributed by atoms with van der Waals surface area (Å²) < 4.78 is 18.9. The topological polar surface area (TPSA) is 47.0 Å². The zero-order chi connectivity index (χ0) is 13.9. The lowest BCUT2D eigenvalue weighted by Crippen LogP contribution is -2.19. The molecule has 0 radical (unpaired) electrons. The molecule has 1 aliphatic carbocycles. The fourth-order valence-corrected chi connectivity index (χ4v) is 2.80. The van der Waals surface area contributed by atoms with E-state index in [1.807, 2.05) is 0 Å². The molecule has 0 spiro atoms. The third-order valence-corrected chi connectivity index (χ3v) is 4.24. The Morgan fingerprint density at radius 2 is 2.25 bits per heavy atom. The highest BCUT2D eigenvalue weighted by atomic mass is 32.1. The van der Waals surface area contributed by atoms with Crippen molar-refractivity contribution in [3.05, 3.63) is 29.0 Å². The van der Waals surface area contributed by atoms with Gasteiger partial charge in [0.15, 0.2) is 5.01 Å². The second kappa shape index (κ2) is 5.85. The van der Waals surface area contributed by atoms with Crippen molar-refractivity contribution >= 4 is 11.3 Å². The summed E-state index contributed by atoms with van der Waals surface area (Å²) in [6.45, 7) is 0.907. The van der Waals surface area contributed by atoms with Crippen molar-refractivity contribution in [2.75, 3.05) is 13.7 Å². The van der Waals surface area contributed by atoms with Gasteiger partial charge in [-0.2, -0.15) is 0 Å². The van der Waals surface area contributed by atoms with E-state index < -0.39 is 0 Å². The van der Waals surface area contributed by atoms with Gasteiger partial charge < -0.3 is 10.1 Å². The van der Waals surface area contributed by atoms with Crippen LogP contribution in [-0.4, -0.2) is 29.9 Å². The molecule has 0 unspecified atom stereocenters. The number of halogens is 1. The van der Waals surface area contributed by atoms with Crippen molar-refractivity contribution in [1.29, 1.82) is 0 Å². The lowest BCUT2D eigenvalue weighted by Gasteiger charge is -2.02. The predicted molar refractivity (Wildman–Crippen MR) is 76.6 cm³/mol. The minimum absolute atomic E-state index is 0.330. The Hall–Kier alpha value is -1.53. The Morgan fingerprint density at radius 1 is 1.40 bits per heavy atom. The van der Waals surface area contributed by atoms with Gasteiger partial charge in [0.05, 0.1) is 7.11 Å². The van der Waals surface area contributed by atoms with Crippen LogP contribution >= 0.6 is 11.3 Å². The number of nitrogens with zero attached hydrogens (tertiary/aromatic N) is 2. The number of methoxy groups -OCH3 is 1. The van der Waals surface area contributed by atoms with Gasteiger partial charge in [0.25, 0.3) is 0 Å². The molecule has 4 nitrogen and oxygen atoms in total. The zero-order valence-corrected chi connectivity index (χ0v) is 12.0. The van der Waals surface area contributed by atoms with E-state index in [-0.39, 0.29) is 5.82 Å². The molecule has 1 aromatic carbocycles. The average molecular weight is 293 g/mol. The normalized spacial score (nSPS) is 14.5. The minimum atomic E-state index is -0.330. The first-order valence-electron chi connectivity index (χ1n) is 6.66. The second-order valence-electron chi connectivity index (χ2n) is 4.83. The SMILES string of the molecule is COc1ccc(-c2nnc(CCNC3CC3)s2)c(F)c1. The van der Waals surface area contributed by atoms with Gasteiger partial charge in [0.2, 0.25) is 0 Å². The van der Waals surface area contributed by atoms with Crippen molar-refractivity contribution in [2.24, 2.45) is 0 Å². The van der Waals surface area contributed by atoms with Crippen molar-refractivity contribution in [3.63, 3.8) is 0 Å². The molecule has 1 fully saturated rings. The van der Waals surface area contributed by atoms with Gasteiger partial charge >= 0.3 is 0 Å². The average Bonchev–Trinajstić information content (AvgIpc) is 3.16. The standard InChI is InChI=1S/C14H16FN3OS/c1-19-10-4-5-11(12(15)8-10)14-18-17-13(20-14)6-7-16-9-2-3-9/h4-5,8-9,16H,2-3,6-7H2,1H3. The first-order valence-corrected chi connectivity index (χ1v) is 7.47. The molecular weight excluding hydrogens is 277 g/mol. The van der Waals surface area contributed by atoms with Gasteiger partial charge in [-0.15, -0.1) is 10.2 Å². The molecular formula is C14H16FN3OS. The Kier molecular flexibility index (Phi) is 3.93. The summed E-state index contributed by atoms with van der Waals surface area (Å²) in [5, 5.41) is 13.2. The molecule has 0 saturated heterocycles. The first kappa shape index (κ1) is 13.5. The van der Waals surface area contributed by atoms with E-state index in [2.05, 4.69) is 15.5 Å². The lowest BCUT2D eigenvalue weighted by atomic mass is 10.2. The number of aromatic nitrogens is 2. The summed E-state index contributed by atoms with van der Waals surface area (Å²) >= 11 is 1.44. The molecule has 1 N–H and O–H groups in total. The molecule has 1 aromatic heterocycles. The molecule has 0 bridgehead atoms. The van der Waals surface area contributed by atoms with Crippen molar-refractivity contribution in [3.8, 4) is 16.3 Å². The number of ether oxygens (including phenoxy) is 1. The lowest BCUT2D eigenvalue weighted by molar-refractivity contribution is 0.411. The molecule has 0 atom stereocenters. The van der Waals surface area contributed by atoms with E-state index in [9.17, 15) is 4.39 Å².